The third-order valence-corrected chi connectivity index (χ3v) is 6.86. The molecule has 0 radical (unpaired) electrons. The second-order valence-electron chi connectivity index (χ2n) is 9.43. The van der Waals surface area contributed by atoms with Gasteiger partial charge in [-0.2, -0.15) is 0 Å². The van der Waals surface area contributed by atoms with Crippen LogP contribution in [0.1, 0.15) is 87.5 Å². The van der Waals surface area contributed by atoms with Gasteiger partial charge in [-0.15, -0.1) is 0 Å². The first-order chi connectivity index (χ1) is 13.8. The molecule has 29 heavy (non-hydrogen) atoms. The molecule has 1 N–H and O–H groups in total. The number of carbonyl (C=O) groups is 1. The summed E-state index contributed by atoms with van der Waals surface area (Å²) in [5.41, 5.74) is 4.45. The zero-order chi connectivity index (χ0) is 21.1. The zero-order valence-electron chi connectivity index (χ0n) is 18.7. The first-order valence-electron chi connectivity index (χ1n) is 11.2. The molecule has 1 aliphatic rings. The summed E-state index contributed by atoms with van der Waals surface area (Å²) in [6.45, 7) is 11.6. The molecule has 1 fully saturated rings. The topological polar surface area (TPSA) is 42.0 Å². The van der Waals surface area contributed by atoms with E-state index in [1.165, 1.54) is 24.0 Å². The number of amides is 1. The van der Waals surface area contributed by atoms with Gasteiger partial charge in [0.05, 0.1) is 11.2 Å². The highest BCUT2D eigenvalue weighted by Gasteiger charge is 2.47. The van der Waals surface area contributed by atoms with E-state index in [4.69, 9.17) is 0 Å². The van der Waals surface area contributed by atoms with Gasteiger partial charge in [0.2, 0.25) is 0 Å². The maximum absolute atomic E-state index is 13.0. The molecule has 3 rings (SSSR count). The Morgan fingerprint density at radius 1 is 1.17 bits per heavy atom. The highest BCUT2D eigenvalue weighted by Crippen LogP contribution is 2.44. The van der Waals surface area contributed by atoms with E-state index >= 15 is 0 Å². The number of pyridine rings is 1. The number of hydrogen-bond acceptors (Lipinski definition) is 2. The summed E-state index contributed by atoms with van der Waals surface area (Å²) in [5, 5.41) is 3.25. The van der Waals surface area contributed by atoms with Crippen LogP contribution in [0.5, 0.6) is 0 Å². The van der Waals surface area contributed by atoms with E-state index < -0.39 is 0 Å². The predicted molar refractivity (Wildman–Crippen MR) is 120 cm³/mol. The Hall–Kier alpha value is -2.16. The number of benzene rings is 1. The third-order valence-electron chi connectivity index (χ3n) is 6.86. The fraction of sp³-hybridized carbons (Fsp3) is 0.538. The Balaban J connectivity index is 1.74. The molecule has 0 saturated heterocycles. The Labute approximate surface area is 176 Å². The Bertz CT molecular complexity index is 837. The summed E-state index contributed by atoms with van der Waals surface area (Å²) >= 11 is 0. The largest absolute Gasteiger partial charge is 0.341 e. The lowest BCUT2D eigenvalue weighted by Gasteiger charge is -2.32. The van der Waals surface area contributed by atoms with Crippen LogP contribution in [0, 0.1) is 11.3 Å². The van der Waals surface area contributed by atoms with E-state index in [1.54, 1.807) is 6.20 Å². The number of nitrogens with zero attached hydrogens (tertiary/aromatic N) is 1. The average molecular weight is 393 g/mol. The van der Waals surface area contributed by atoms with E-state index in [2.05, 4.69) is 57.1 Å². The van der Waals surface area contributed by atoms with Gasteiger partial charge in [0.25, 0.3) is 5.91 Å². The Kier molecular flexibility index (Phi) is 6.45. The molecular formula is C26H36N2O. The van der Waals surface area contributed by atoms with Gasteiger partial charge in [-0.3, -0.25) is 9.78 Å². The van der Waals surface area contributed by atoms with Crippen LogP contribution in [0.15, 0.2) is 42.6 Å². The summed E-state index contributed by atoms with van der Waals surface area (Å²) in [4.78, 5) is 17.4. The molecule has 0 spiro atoms. The number of hydrogen-bond donors (Lipinski definition) is 1. The Morgan fingerprint density at radius 2 is 1.93 bits per heavy atom. The number of carbonyl (C=O) groups excluding carboxylic acids is 1. The minimum atomic E-state index is -0.276. The lowest BCUT2D eigenvalue weighted by atomic mass is 9.73. The fourth-order valence-corrected chi connectivity index (χ4v) is 4.30. The van der Waals surface area contributed by atoms with Crippen LogP contribution in [0.25, 0.3) is 0 Å². The van der Waals surface area contributed by atoms with Crippen molar-refractivity contribution in [3.05, 3.63) is 65.0 Å². The molecule has 0 bridgehead atoms. The lowest BCUT2D eigenvalue weighted by Crippen LogP contribution is -2.35. The maximum Gasteiger partial charge on any atom is 0.252 e. The highest BCUT2D eigenvalue weighted by molar-refractivity contribution is 5.95. The first kappa shape index (κ1) is 21.5. The van der Waals surface area contributed by atoms with Crippen molar-refractivity contribution < 1.29 is 4.79 Å². The van der Waals surface area contributed by atoms with Crippen LogP contribution in [-0.2, 0) is 18.4 Å². The van der Waals surface area contributed by atoms with E-state index in [0.29, 0.717) is 11.3 Å². The van der Waals surface area contributed by atoms with Crippen molar-refractivity contribution in [3.63, 3.8) is 0 Å². The molecule has 3 nitrogen and oxygen atoms in total. The van der Waals surface area contributed by atoms with Crippen molar-refractivity contribution in [3.8, 4) is 0 Å². The second kappa shape index (κ2) is 8.69. The summed E-state index contributed by atoms with van der Waals surface area (Å²) in [7, 11) is 0. The lowest BCUT2D eigenvalue weighted by molar-refractivity contribution is 0.0929. The van der Waals surface area contributed by atoms with Crippen LogP contribution in [0.3, 0.4) is 0 Å². The summed E-state index contributed by atoms with van der Waals surface area (Å²) < 4.78 is 0. The maximum atomic E-state index is 13.0. The standard InChI is InChI=1S/C26H36N2O/c1-6-13-25(4,5)19(3)17-21-11-12-22(18-20(21)7-2)24(29)28-26(14-15-26)23-10-8-9-16-27-23/h8-12,16,18-19H,6-7,13-15,17H2,1-5H3,(H,28,29). The van der Waals surface area contributed by atoms with E-state index in [0.717, 1.165) is 36.9 Å². The minimum absolute atomic E-state index is 0.00812. The number of aromatic nitrogens is 1. The zero-order valence-corrected chi connectivity index (χ0v) is 18.7. The molecule has 1 amide bonds. The third kappa shape index (κ3) is 4.88. The number of nitrogens with one attached hydrogen (secondary N) is 1. The van der Waals surface area contributed by atoms with E-state index in [-0.39, 0.29) is 11.4 Å². The van der Waals surface area contributed by atoms with Gasteiger partial charge in [-0.05, 0) is 78.8 Å². The molecule has 1 aromatic heterocycles. The molecule has 2 aromatic rings. The molecule has 156 valence electrons. The quantitative estimate of drug-likeness (QED) is 0.563. The summed E-state index contributed by atoms with van der Waals surface area (Å²) in [6, 6.07) is 12.2. The van der Waals surface area contributed by atoms with Crippen molar-refractivity contribution in [1.82, 2.24) is 10.3 Å². The van der Waals surface area contributed by atoms with Gasteiger partial charge < -0.3 is 5.32 Å². The summed E-state index contributed by atoms with van der Waals surface area (Å²) in [5.74, 6) is 0.611. The van der Waals surface area contributed by atoms with Crippen molar-refractivity contribution in [2.45, 2.75) is 78.7 Å². The van der Waals surface area contributed by atoms with Crippen LogP contribution in [0.4, 0.5) is 0 Å². The molecular weight excluding hydrogens is 356 g/mol. The van der Waals surface area contributed by atoms with Gasteiger partial charge in [-0.1, -0.05) is 53.2 Å². The molecule has 1 unspecified atom stereocenters. The van der Waals surface area contributed by atoms with Gasteiger partial charge in [0.1, 0.15) is 0 Å². The van der Waals surface area contributed by atoms with Gasteiger partial charge >= 0.3 is 0 Å². The van der Waals surface area contributed by atoms with Gasteiger partial charge in [-0.25, -0.2) is 0 Å². The highest BCUT2D eigenvalue weighted by atomic mass is 16.1. The normalized spacial score (nSPS) is 16.3. The smallest absolute Gasteiger partial charge is 0.252 e. The number of rotatable bonds is 9. The van der Waals surface area contributed by atoms with Crippen molar-refractivity contribution in [2.75, 3.05) is 0 Å². The minimum Gasteiger partial charge on any atom is -0.341 e. The monoisotopic (exact) mass is 392 g/mol. The van der Waals surface area contributed by atoms with Crippen molar-refractivity contribution in [1.29, 1.82) is 0 Å². The fourth-order valence-electron chi connectivity index (χ4n) is 4.30. The van der Waals surface area contributed by atoms with Crippen LogP contribution in [-0.4, -0.2) is 10.9 Å². The SMILES string of the molecule is CCCC(C)(C)C(C)Cc1ccc(C(=O)NC2(c3ccccn3)CC2)cc1CC. The molecule has 1 atom stereocenters. The van der Waals surface area contributed by atoms with Crippen LogP contribution >= 0.6 is 0 Å². The first-order valence-corrected chi connectivity index (χ1v) is 11.2. The number of aryl methyl sites for hydroxylation is 1. The molecule has 0 aliphatic heterocycles. The Morgan fingerprint density at radius 3 is 2.52 bits per heavy atom. The molecule has 1 aliphatic carbocycles. The second-order valence-corrected chi connectivity index (χ2v) is 9.43. The van der Waals surface area contributed by atoms with Crippen LogP contribution in [0.2, 0.25) is 0 Å². The molecule has 1 heterocycles. The van der Waals surface area contributed by atoms with Crippen molar-refractivity contribution >= 4 is 5.91 Å². The van der Waals surface area contributed by atoms with E-state index in [1.807, 2.05) is 24.3 Å². The predicted octanol–water partition coefficient (Wildman–Crippen LogP) is 6.07. The molecule has 1 saturated carbocycles. The summed E-state index contributed by atoms with van der Waals surface area (Å²) in [6.07, 6.45) is 8.18. The van der Waals surface area contributed by atoms with Crippen LogP contribution < -0.4 is 5.32 Å². The van der Waals surface area contributed by atoms with Gasteiger partial charge in [0.15, 0.2) is 0 Å². The van der Waals surface area contributed by atoms with Gasteiger partial charge in [0, 0.05) is 11.8 Å². The van der Waals surface area contributed by atoms with Crippen molar-refractivity contribution in [2.24, 2.45) is 11.3 Å². The average Bonchev–Trinajstić information content (AvgIpc) is 3.49. The molecule has 3 heteroatoms. The molecule has 1 aromatic carbocycles. The van der Waals surface area contributed by atoms with E-state index in [9.17, 15) is 4.79 Å².